The fourth-order valence-corrected chi connectivity index (χ4v) is 3.73. The molecule has 0 aliphatic heterocycles. The van der Waals surface area contributed by atoms with Crippen molar-refractivity contribution in [3.8, 4) is 17.2 Å². The number of hydrogen-bond donors (Lipinski definition) is 1. The third kappa shape index (κ3) is 4.29. The van der Waals surface area contributed by atoms with Crippen molar-refractivity contribution in [1.29, 1.82) is 0 Å². The van der Waals surface area contributed by atoms with Crippen molar-refractivity contribution >= 4 is 0 Å². The van der Waals surface area contributed by atoms with Gasteiger partial charge in [0.1, 0.15) is 22.8 Å². The summed E-state index contributed by atoms with van der Waals surface area (Å²) in [5.41, 5.74) is 2.09. The van der Waals surface area contributed by atoms with Crippen molar-refractivity contribution in [3.05, 3.63) is 89.0 Å². The lowest BCUT2D eigenvalue weighted by molar-refractivity contribution is 0.125. The predicted octanol–water partition coefficient (Wildman–Crippen LogP) is 5.34. The van der Waals surface area contributed by atoms with Crippen molar-refractivity contribution in [2.24, 2.45) is 0 Å². The van der Waals surface area contributed by atoms with Crippen LogP contribution < -0.4 is 14.2 Å². The van der Waals surface area contributed by atoms with Crippen LogP contribution in [0.25, 0.3) is 0 Å². The molecule has 3 aromatic carbocycles. The Labute approximate surface area is 179 Å². The Hall–Kier alpha value is -2.98. The summed E-state index contributed by atoms with van der Waals surface area (Å²) in [5, 5.41) is 12.1. The lowest BCUT2D eigenvalue weighted by Crippen LogP contribution is -2.29. The minimum absolute atomic E-state index is 0.745. The third-order valence-corrected chi connectivity index (χ3v) is 5.51. The van der Waals surface area contributed by atoms with Crippen LogP contribution in [-0.4, -0.2) is 26.4 Å². The van der Waals surface area contributed by atoms with Crippen LogP contribution in [0.15, 0.2) is 66.7 Å². The van der Waals surface area contributed by atoms with Crippen molar-refractivity contribution in [2.75, 3.05) is 21.3 Å². The van der Waals surface area contributed by atoms with Crippen molar-refractivity contribution in [2.45, 2.75) is 31.8 Å². The van der Waals surface area contributed by atoms with Gasteiger partial charge in [-0.1, -0.05) is 43.7 Å². The minimum Gasteiger partial charge on any atom is -0.497 e. The van der Waals surface area contributed by atoms with E-state index in [4.69, 9.17) is 14.2 Å². The Balaban J connectivity index is 2.17. The fourth-order valence-electron chi connectivity index (χ4n) is 3.73. The maximum absolute atomic E-state index is 12.1. The van der Waals surface area contributed by atoms with Gasteiger partial charge < -0.3 is 19.3 Å². The first-order valence-electron chi connectivity index (χ1n) is 10.3. The second-order valence-corrected chi connectivity index (χ2v) is 7.30. The first kappa shape index (κ1) is 21.7. The average molecular weight is 407 g/mol. The highest BCUT2D eigenvalue weighted by Crippen LogP contribution is 2.39. The normalized spacial score (nSPS) is 11.2. The van der Waals surface area contributed by atoms with Crippen LogP contribution in [0, 0.1) is 0 Å². The summed E-state index contributed by atoms with van der Waals surface area (Å²) in [6.45, 7) is 2.17. The molecule has 1 N–H and O–H groups in total. The molecule has 0 spiro atoms. The third-order valence-electron chi connectivity index (χ3n) is 5.51. The van der Waals surface area contributed by atoms with Crippen molar-refractivity contribution in [1.82, 2.24) is 0 Å². The van der Waals surface area contributed by atoms with Crippen LogP contribution in [0.3, 0.4) is 0 Å². The molecule has 4 heteroatoms. The van der Waals surface area contributed by atoms with Crippen LogP contribution in [0.4, 0.5) is 0 Å². The molecule has 158 valence electrons. The molecule has 0 heterocycles. The van der Waals surface area contributed by atoms with Gasteiger partial charge in [0, 0.05) is 0 Å². The van der Waals surface area contributed by atoms with E-state index in [2.05, 4.69) is 13.0 Å². The molecule has 0 radical (unpaired) electrons. The second-order valence-electron chi connectivity index (χ2n) is 7.30. The van der Waals surface area contributed by atoms with Gasteiger partial charge in [-0.25, -0.2) is 0 Å². The van der Waals surface area contributed by atoms with Crippen LogP contribution in [-0.2, 0) is 12.0 Å². The summed E-state index contributed by atoms with van der Waals surface area (Å²) in [6, 6.07) is 21.0. The molecule has 0 fully saturated rings. The van der Waals surface area contributed by atoms with Gasteiger partial charge >= 0.3 is 0 Å². The Morgan fingerprint density at radius 3 is 1.63 bits per heavy atom. The summed E-state index contributed by atoms with van der Waals surface area (Å²) >= 11 is 0. The molecule has 0 aliphatic rings. The molecule has 3 rings (SSSR count). The number of unbranched alkanes of at least 4 members (excludes halogenated alkanes) is 1. The number of ether oxygens (including phenoxy) is 3. The SMILES string of the molecule is CCCCc1cc(C(O)(c2ccc(OC)cc2)c2ccc(OC)cc2)ccc1OC. The zero-order chi connectivity index (χ0) is 21.6. The van der Waals surface area contributed by atoms with Crippen LogP contribution in [0.2, 0.25) is 0 Å². The topological polar surface area (TPSA) is 47.9 Å². The zero-order valence-corrected chi connectivity index (χ0v) is 18.1. The lowest BCUT2D eigenvalue weighted by Gasteiger charge is -2.31. The summed E-state index contributed by atoms with van der Waals surface area (Å²) in [4.78, 5) is 0. The highest BCUT2D eigenvalue weighted by atomic mass is 16.5. The van der Waals surface area contributed by atoms with Crippen LogP contribution >= 0.6 is 0 Å². The van der Waals surface area contributed by atoms with Gasteiger partial charge in [-0.05, 0) is 71.5 Å². The Morgan fingerprint density at radius 2 is 1.20 bits per heavy atom. The number of benzene rings is 3. The molecule has 0 unspecified atom stereocenters. The molecular formula is C26H30O4. The summed E-state index contributed by atoms with van der Waals surface area (Å²) < 4.78 is 16.2. The summed E-state index contributed by atoms with van der Waals surface area (Å²) in [6.07, 6.45) is 3.05. The molecule has 4 nitrogen and oxygen atoms in total. The summed E-state index contributed by atoms with van der Waals surface area (Å²) in [5.74, 6) is 2.34. The highest BCUT2D eigenvalue weighted by molar-refractivity contribution is 5.51. The van der Waals surface area contributed by atoms with Gasteiger partial charge in [0.2, 0.25) is 0 Å². The molecule has 0 bridgehead atoms. The number of aliphatic hydroxyl groups is 1. The highest BCUT2D eigenvalue weighted by Gasteiger charge is 2.34. The largest absolute Gasteiger partial charge is 0.497 e. The Kier molecular flexibility index (Phi) is 7.01. The maximum Gasteiger partial charge on any atom is 0.140 e. The molecule has 30 heavy (non-hydrogen) atoms. The maximum atomic E-state index is 12.1. The smallest absolute Gasteiger partial charge is 0.140 e. The van der Waals surface area contributed by atoms with Gasteiger partial charge in [0.05, 0.1) is 21.3 Å². The van der Waals surface area contributed by atoms with Crippen molar-refractivity contribution < 1.29 is 19.3 Å². The second kappa shape index (κ2) is 9.68. The standard InChI is InChI=1S/C26H30O4/c1-5-6-7-19-18-22(12-17-25(19)30-4)26(27,20-8-13-23(28-2)14-9-20)21-10-15-24(29-3)16-11-21/h8-18,27H,5-7H2,1-4H3. The van der Waals surface area contributed by atoms with Crippen molar-refractivity contribution in [3.63, 3.8) is 0 Å². The van der Waals surface area contributed by atoms with Gasteiger partial charge in [-0.15, -0.1) is 0 Å². The Bertz CT molecular complexity index is 898. The van der Waals surface area contributed by atoms with Gasteiger partial charge in [0.25, 0.3) is 0 Å². The van der Waals surface area contributed by atoms with Crippen LogP contribution in [0.1, 0.15) is 42.0 Å². The van der Waals surface area contributed by atoms with E-state index in [-0.39, 0.29) is 0 Å². The van der Waals surface area contributed by atoms with E-state index >= 15 is 0 Å². The molecule has 0 aliphatic carbocycles. The van der Waals surface area contributed by atoms with E-state index in [9.17, 15) is 5.11 Å². The summed E-state index contributed by atoms with van der Waals surface area (Å²) in [7, 11) is 4.95. The monoisotopic (exact) mass is 406 g/mol. The lowest BCUT2D eigenvalue weighted by atomic mass is 9.79. The van der Waals surface area contributed by atoms with E-state index in [1.807, 2.05) is 60.7 Å². The number of aryl methyl sites for hydroxylation is 1. The molecule has 0 atom stereocenters. The van der Waals surface area contributed by atoms with Gasteiger partial charge in [-0.2, -0.15) is 0 Å². The zero-order valence-electron chi connectivity index (χ0n) is 18.1. The quantitative estimate of drug-likeness (QED) is 0.487. The fraction of sp³-hybridized carbons (Fsp3) is 0.308. The molecule has 0 amide bonds. The number of methoxy groups -OCH3 is 3. The van der Waals surface area contributed by atoms with E-state index < -0.39 is 5.60 Å². The average Bonchev–Trinajstić information content (AvgIpc) is 2.82. The number of hydrogen-bond acceptors (Lipinski definition) is 4. The molecule has 0 saturated carbocycles. The van der Waals surface area contributed by atoms with E-state index in [0.717, 1.165) is 58.8 Å². The first-order chi connectivity index (χ1) is 14.6. The minimum atomic E-state index is -1.33. The van der Waals surface area contributed by atoms with E-state index in [0.29, 0.717) is 0 Å². The predicted molar refractivity (Wildman–Crippen MR) is 120 cm³/mol. The molecule has 0 saturated heterocycles. The molecular weight excluding hydrogens is 376 g/mol. The van der Waals surface area contributed by atoms with E-state index in [1.165, 1.54) is 0 Å². The first-order valence-corrected chi connectivity index (χ1v) is 10.3. The molecule has 0 aromatic heterocycles. The number of rotatable bonds is 9. The van der Waals surface area contributed by atoms with Crippen LogP contribution in [0.5, 0.6) is 17.2 Å². The van der Waals surface area contributed by atoms with E-state index in [1.54, 1.807) is 21.3 Å². The van der Waals surface area contributed by atoms with Gasteiger partial charge in [-0.3, -0.25) is 0 Å². The van der Waals surface area contributed by atoms with Gasteiger partial charge in [0.15, 0.2) is 0 Å². The molecule has 3 aromatic rings. The Morgan fingerprint density at radius 1 is 0.700 bits per heavy atom.